The minimum Gasteiger partial charge on any atom is -0.305 e. The second-order valence-electron chi connectivity index (χ2n) is 4.16. The number of nitrogens with one attached hydrogen (secondary N) is 1. The number of hydrogen-bond acceptors (Lipinski definition) is 3. The Labute approximate surface area is 97.3 Å². The number of thiazole rings is 1. The molecule has 0 spiro atoms. The van der Waals surface area contributed by atoms with Crippen LogP contribution in [0.4, 0.5) is 0 Å². The first-order valence-corrected chi connectivity index (χ1v) is 6.63. The van der Waals surface area contributed by atoms with E-state index in [4.69, 9.17) is 0 Å². The summed E-state index contributed by atoms with van der Waals surface area (Å²) in [4.78, 5) is 4.36. The van der Waals surface area contributed by atoms with E-state index in [1.165, 1.54) is 17.8 Å². The van der Waals surface area contributed by atoms with Crippen LogP contribution in [0.25, 0.3) is 0 Å². The molecule has 4 heteroatoms. The lowest BCUT2D eigenvalue weighted by molar-refractivity contribution is 0.226. The van der Waals surface area contributed by atoms with Crippen LogP contribution in [-0.4, -0.2) is 11.0 Å². The van der Waals surface area contributed by atoms with E-state index in [9.17, 15) is 0 Å². The topological polar surface area (TPSA) is 24.9 Å². The Kier molecular flexibility index (Phi) is 3.24. The average Bonchev–Trinajstić information content (AvgIpc) is 2.49. The van der Waals surface area contributed by atoms with Crippen LogP contribution in [0.2, 0.25) is 0 Å². The molecule has 0 aromatic carbocycles. The molecule has 0 aliphatic heterocycles. The van der Waals surface area contributed by atoms with Crippen molar-refractivity contribution in [1.29, 1.82) is 0 Å². The molecule has 0 amide bonds. The van der Waals surface area contributed by atoms with Gasteiger partial charge in [0.25, 0.3) is 0 Å². The molecule has 78 valence electrons. The molecule has 1 atom stereocenters. The highest BCUT2D eigenvalue weighted by molar-refractivity contribution is 9.11. The summed E-state index contributed by atoms with van der Waals surface area (Å²) < 4.78 is 1.11. The summed E-state index contributed by atoms with van der Waals surface area (Å²) in [5.41, 5.74) is 0. The summed E-state index contributed by atoms with van der Waals surface area (Å²) >= 11 is 5.15. The summed E-state index contributed by atoms with van der Waals surface area (Å²) in [5, 5.41) is 4.78. The number of aromatic nitrogens is 1. The van der Waals surface area contributed by atoms with E-state index in [0.29, 0.717) is 12.1 Å². The molecule has 1 fully saturated rings. The standard InChI is InChI=1S/C10H15BrN2S/c1-6-3-8(4-6)13-7(2)10-12-5-9(11)14-10/h5-8,13H,3-4H2,1-2H3. The molecule has 2 rings (SSSR count). The van der Waals surface area contributed by atoms with Gasteiger partial charge in [0.1, 0.15) is 5.01 Å². The van der Waals surface area contributed by atoms with Crippen molar-refractivity contribution in [3.8, 4) is 0 Å². The third-order valence-electron chi connectivity index (χ3n) is 2.73. The van der Waals surface area contributed by atoms with Crippen molar-refractivity contribution in [3.63, 3.8) is 0 Å². The molecule has 0 bridgehead atoms. The molecule has 1 aliphatic rings. The number of hydrogen-bond donors (Lipinski definition) is 1. The molecule has 1 unspecified atom stereocenters. The Morgan fingerprint density at radius 1 is 1.64 bits per heavy atom. The zero-order valence-electron chi connectivity index (χ0n) is 8.46. The van der Waals surface area contributed by atoms with E-state index in [0.717, 1.165) is 9.70 Å². The molecular weight excluding hydrogens is 260 g/mol. The van der Waals surface area contributed by atoms with E-state index in [1.54, 1.807) is 11.3 Å². The molecule has 1 aliphatic carbocycles. The molecule has 1 saturated carbocycles. The molecule has 1 N–H and O–H groups in total. The van der Waals surface area contributed by atoms with E-state index in [-0.39, 0.29) is 0 Å². The van der Waals surface area contributed by atoms with Gasteiger partial charge in [-0.15, -0.1) is 11.3 Å². The second kappa shape index (κ2) is 4.29. The normalized spacial score (nSPS) is 28.5. The lowest BCUT2D eigenvalue weighted by Gasteiger charge is -2.35. The number of halogens is 1. The summed E-state index contributed by atoms with van der Waals surface area (Å²) in [6.07, 6.45) is 4.51. The third kappa shape index (κ3) is 2.35. The highest BCUT2D eigenvalue weighted by Crippen LogP contribution is 2.30. The fraction of sp³-hybridized carbons (Fsp3) is 0.700. The average molecular weight is 275 g/mol. The van der Waals surface area contributed by atoms with Crippen LogP contribution in [0.5, 0.6) is 0 Å². The number of nitrogens with zero attached hydrogens (tertiary/aromatic N) is 1. The van der Waals surface area contributed by atoms with Gasteiger partial charge in [0, 0.05) is 6.04 Å². The predicted molar refractivity (Wildman–Crippen MR) is 63.6 cm³/mol. The molecule has 0 saturated heterocycles. The second-order valence-corrected chi connectivity index (χ2v) is 6.61. The lowest BCUT2D eigenvalue weighted by Crippen LogP contribution is -2.41. The van der Waals surface area contributed by atoms with E-state index in [2.05, 4.69) is 40.1 Å². The molecular formula is C10H15BrN2S. The van der Waals surface area contributed by atoms with Gasteiger partial charge in [-0.3, -0.25) is 0 Å². The third-order valence-corrected chi connectivity index (χ3v) is 4.38. The van der Waals surface area contributed by atoms with Gasteiger partial charge in [0.15, 0.2) is 0 Å². The molecule has 0 radical (unpaired) electrons. The van der Waals surface area contributed by atoms with Gasteiger partial charge in [-0.05, 0) is 41.6 Å². The first-order valence-electron chi connectivity index (χ1n) is 5.02. The fourth-order valence-corrected chi connectivity index (χ4v) is 3.19. The summed E-state index contributed by atoms with van der Waals surface area (Å²) in [6, 6.07) is 1.10. The van der Waals surface area contributed by atoms with Crippen LogP contribution >= 0.6 is 27.3 Å². The molecule has 1 aromatic heterocycles. The van der Waals surface area contributed by atoms with Gasteiger partial charge in [0.05, 0.1) is 16.0 Å². The maximum Gasteiger partial charge on any atom is 0.110 e. The van der Waals surface area contributed by atoms with Gasteiger partial charge in [-0.25, -0.2) is 4.98 Å². The minimum absolute atomic E-state index is 0.392. The van der Waals surface area contributed by atoms with Gasteiger partial charge in [-0.1, -0.05) is 6.92 Å². The maximum absolute atomic E-state index is 4.36. The molecule has 1 aromatic rings. The quantitative estimate of drug-likeness (QED) is 0.915. The SMILES string of the molecule is CC1CC(NC(C)c2ncc(Br)s2)C1. The Hall–Kier alpha value is 0.0700. The Balaban J connectivity index is 1.86. The van der Waals surface area contributed by atoms with Crippen molar-refractivity contribution in [2.75, 3.05) is 0 Å². The largest absolute Gasteiger partial charge is 0.305 e. The van der Waals surface area contributed by atoms with Crippen molar-refractivity contribution in [2.45, 2.75) is 38.8 Å². The van der Waals surface area contributed by atoms with Gasteiger partial charge in [0.2, 0.25) is 0 Å². The van der Waals surface area contributed by atoms with Crippen molar-refractivity contribution in [2.24, 2.45) is 5.92 Å². The number of rotatable bonds is 3. The van der Waals surface area contributed by atoms with E-state index in [1.807, 2.05) is 6.20 Å². The highest BCUT2D eigenvalue weighted by Gasteiger charge is 2.26. The Morgan fingerprint density at radius 2 is 2.36 bits per heavy atom. The van der Waals surface area contributed by atoms with Crippen LogP contribution in [0.3, 0.4) is 0 Å². The highest BCUT2D eigenvalue weighted by atomic mass is 79.9. The molecule has 1 heterocycles. The zero-order chi connectivity index (χ0) is 10.1. The Bertz CT molecular complexity index is 307. The maximum atomic E-state index is 4.36. The summed E-state index contributed by atoms with van der Waals surface area (Å²) in [7, 11) is 0. The predicted octanol–water partition coefficient (Wildman–Crippen LogP) is 3.35. The van der Waals surface area contributed by atoms with Crippen molar-refractivity contribution in [3.05, 3.63) is 15.0 Å². The minimum atomic E-state index is 0.392. The lowest BCUT2D eigenvalue weighted by atomic mass is 9.81. The van der Waals surface area contributed by atoms with Crippen molar-refractivity contribution >= 4 is 27.3 Å². The molecule has 14 heavy (non-hydrogen) atoms. The van der Waals surface area contributed by atoms with Crippen molar-refractivity contribution < 1.29 is 0 Å². The fourth-order valence-electron chi connectivity index (χ4n) is 1.93. The first kappa shape index (κ1) is 10.6. The zero-order valence-corrected chi connectivity index (χ0v) is 10.9. The van der Waals surface area contributed by atoms with Crippen LogP contribution in [0.1, 0.15) is 37.7 Å². The van der Waals surface area contributed by atoms with Crippen LogP contribution in [-0.2, 0) is 0 Å². The van der Waals surface area contributed by atoms with Gasteiger partial charge < -0.3 is 5.32 Å². The smallest absolute Gasteiger partial charge is 0.110 e. The van der Waals surface area contributed by atoms with Crippen LogP contribution in [0.15, 0.2) is 9.98 Å². The van der Waals surface area contributed by atoms with Crippen molar-refractivity contribution in [1.82, 2.24) is 10.3 Å². The first-order chi connectivity index (χ1) is 6.65. The van der Waals surface area contributed by atoms with E-state index < -0.39 is 0 Å². The monoisotopic (exact) mass is 274 g/mol. The van der Waals surface area contributed by atoms with Gasteiger partial charge in [-0.2, -0.15) is 0 Å². The summed E-state index contributed by atoms with van der Waals surface area (Å²) in [5.74, 6) is 0.905. The van der Waals surface area contributed by atoms with Gasteiger partial charge >= 0.3 is 0 Å². The van der Waals surface area contributed by atoms with Crippen LogP contribution < -0.4 is 5.32 Å². The Morgan fingerprint density at radius 3 is 2.86 bits per heavy atom. The van der Waals surface area contributed by atoms with E-state index >= 15 is 0 Å². The van der Waals surface area contributed by atoms with Crippen LogP contribution in [0, 0.1) is 5.92 Å². The summed E-state index contributed by atoms with van der Waals surface area (Å²) in [6.45, 7) is 4.50. The molecule has 2 nitrogen and oxygen atoms in total.